The van der Waals surface area contributed by atoms with Gasteiger partial charge in [0.1, 0.15) is 6.10 Å². The second-order valence-electron chi connectivity index (χ2n) is 7.03. The number of ether oxygens (including phenoxy) is 1. The quantitative estimate of drug-likeness (QED) is 0.811. The predicted octanol–water partition coefficient (Wildman–Crippen LogP) is 2.95. The summed E-state index contributed by atoms with van der Waals surface area (Å²) in [5, 5.41) is 8.43. The third kappa shape index (κ3) is 4.22. The standard InChI is InChI=1S/C20H23ClN4O2/c21-18-6-7-19(23-22-18)24-10-8-16(9-11-24)20(26)25-12-13-27-17(14-25)15-4-2-1-3-5-15/h1-7,16-17H,8-14H2/t17-/m0/s1. The number of benzene rings is 1. The number of aromatic nitrogens is 2. The van der Waals surface area contributed by atoms with E-state index < -0.39 is 0 Å². The molecule has 142 valence electrons. The maximum Gasteiger partial charge on any atom is 0.225 e. The van der Waals surface area contributed by atoms with Gasteiger partial charge in [-0.2, -0.15) is 0 Å². The fourth-order valence-electron chi connectivity index (χ4n) is 3.81. The van der Waals surface area contributed by atoms with Gasteiger partial charge in [0.05, 0.1) is 13.2 Å². The van der Waals surface area contributed by atoms with Gasteiger partial charge in [0, 0.05) is 25.6 Å². The zero-order chi connectivity index (χ0) is 18.6. The minimum absolute atomic E-state index is 0.0340. The van der Waals surface area contributed by atoms with Crippen molar-refractivity contribution in [1.29, 1.82) is 0 Å². The zero-order valence-electron chi connectivity index (χ0n) is 15.1. The summed E-state index contributed by atoms with van der Waals surface area (Å²) in [7, 11) is 0. The number of hydrogen-bond donors (Lipinski definition) is 0. The third-order valence-electron chi connectivity index (χ3n) is 5.34. The van der Waals surface area contributed by atoms with E-state index in [0.29, 0.717) is 24.8 Å². The maximum atomic E-state index is 13.0. The minimum atomic E-state index is -0.0340. The zero-order valence-corrected chi connectivity index (χ0v) is 15.9. The van der Waals surface area contributed by atoms with Gasteiger partial charge in [0.15, 0.2) is 11.0 Å². The topological polar surface area (TPSA) is 58.6 Å². The summed E-state index contributed by atoms with van der Waals surface area (Å²) in [5.74, 6) is 1.14. The van der Waals surface area contributed by atoms with Crippen LogP contribution in [0.5, 0.6) is 0 Å². The second-order valence-corrected chi connectivity index (χ2v) is 7.42. The molecule has 0 N–H and O–H groups in total. The summed E-state index contributed by atoms with van der Waals surface area (Å²) in [6.45, 7) is 3.50. The number of rotatable bonds is 3. The molecule has 2 aliphatic heterocycles. The van der Waals surface area contributed by atoms with Crippen molar-refractivity contribution in [2.75, 3.05) is 37.7 Å². The number of morpholine rings is 1. The summed E-state index contributed by atoms with van der Waals surface area (Å²) in [5.41, 5.74) is 1.13. The lowest BCUT2D eigenvalue weighted by Crippen LogP contribution is -2.47. The molecule has 0 unspecified atom stereocenters. The molecule has 0 bridgehead atoms. The summed E-state index contributed by atoms with van der Waals surface area (Å²) in [6.07, 6.45) is 1.63. The number of hydrogen-bond acceptors (Lipinski definition) is 5. The van der Waals surface area contributed by atoms with Crippen molar-refractivity contribution in [3.05, 3.63) is 53.2 Å². The highest BCUT2D eigenvalue weighted by Gasteiger charge is 2.32. The molecule has 27 heavy (non-hydrogen) atoms. The van der Waals surface area contributed by atoms with Crippen LogP contribution in [0.1, 0.15) is 24.5 Å². The lowest BCUT2D eigenvalue weighted by molar-refractivity contribution is -0.144. The highest BCUT2D eigenvalue weighted by atomic mass is 35.5. The van der Waals surface area contributed by atoms with E-state index in [9.17, 15) is 4.79 Å². The molecule has 0 radical (unpaired) electrons. The van der Waals surface area contributed by atoms with E-state index in [4.69, 9.17) is 16.3 Å². The number of anilines is 1. The van der Waals surface area contributed by atoms with Crippen molar-refractivity contribution in [3.63, 3.8) is 0 Å². The molecule has 1 atom stereocenters. The molecule has 2 saturated heterocycles. The van der Waals surface area contributed by atoms with Crippen molar-refractivity contribution in [2.24, 2.45) is 5.92 Å². The molecule has 2 aromatic rings. The maximum absolute atomic E-state index is 13.0. The van der Waals surface area contributed by atoms with Crippen LogP contribution in [0.15, 0.2) is 42.5 Å². The SMILES string of the molecule is O=C(C1CCN(c2ccc(Cl)nn2)CC1)N1CCO[C@H](c2ccccc2)C1. The fraction of sp³-hybridized carbons (Fsp3) is 0.450. The molecule has 7 heteroatoms. The molecule has 1 aromatic heterocycles. The molecule has 3 heterocycles. The number of amides is 1. The molecule has 0 aliphatic carbocycles. The first-order valence-electron chi connectivity index (χ1n) is 9.40. The Morgan fingerprint density at radius 2 is 1.81 bits per heavy atom. The van der Waals surface area contributed by atoms with Crippen molar-refractivity contribution >= 4 is 23.3 Å². The Labute approximate surface area is 164 Å². The van der Waals surface area contributed by atoms with Gasteiger partial charge in [-0.05, 0) is 30.5 Å². The van der Waals surface area contributed by atoms with Gasteiger partial charge < -0.3 is 14.5 Å². The molecular weight excluding hydrogens is 364 g/mol. The van der Waals surface area contributed by atoms with E-state index in [0.717, 1.165) is 37.3 Å². The van der Waals surface area contributed by atoms with Crippen LogP contribution in [0.25, 0.3) is 0 Å². The normalized spacial score (nSPS) is 21.3. The average molecular weight is 387 g/mol. The van der Waals surface area contributed by atoms with Crippen LogP contribution in [0, 0.1) is 5.92 Å². The van der Waals surface area contributed by atoms with E-state index in [1.165, 1.54) is 0 Å². The smallest absolute Gasteiger partial charge is 0.225 e. The van der Waals surface area contributed by atoms with E-state index in [-0.39, 0.29) is 17.9 Å². The van der Waals surface area contributed by atoms with E-state index >= 15 is 0 Å². The molecule has 1 aromatic carbocycles. The Kier molecular flexibility index (Phi) is 5.55. The van der Waals surface area contributed by atoms with Crippen molar-refractivity contribution in [2.45, 2.75) is 18.9 Å². The lowest BCUT2D eigenvalue weighted by atomic mass is 9.94. The number of halogens is 1. The highest BCUT2D eigenvalue weighted by Crippen LogP contribution is 2.27. The van der Waals surface area contributed by atoms with Crippen LogP contribution in [0.2, 0.25) is 5.15 Å². The largest absolute Gasteiger partial charge is 0.370 e. The van der Waals surface area contributed by atoms with E-state index in [1.54, 1.807) is 6.07 Å². The summed E-state index contributed by atoms with van der Waals surface area (Å²) >= 11 is 5.80. The Bertz CT molecular complexity index is 763. The monoisotopic (exact) mass is 386 g/mol. The first kappa shape index (κ1) is 18.2. The van der Waals surface area contributed by atoms with Gasteiger partial charge in [0.2, 0.25) is 5.91 Å². The van der Waals surface area contributed by atoms with Gasteiger partial charge >= 0.3 is 0 Å². The number of carbonyl (C=O) groups is 1. The third-order valence-corrected chi connectivity index (χ3v) is 5.54. The van der Waals surface area contributed by atoms with Gasteiger partial charge in [-0.3, -0.25) is 4.79 Å². The van der Waals surface area contributed by atoms with Crippen molar-refractivity contribution in [3.8, 4) is 0 Å². The van der Waals surface area contributed by atoms with Crippen LogP contribution in [-0.4, -0.2) is 53.8 Å². The average Bonchev–Trinajstić information content (AvgIpc) is 2.75. The van der Waals surface area contributed by atoms with Crippen molar-refractivity contribution < 1.29 is 9.53 Å². The molecule has 0 saturated carbocycles. The molecule has 6 nitrogen and oxygen atoms in total. The van der Waals surface area contributed by atoms with Crippen molar-refractivity contribution in [1.82, 2.24) is 15.1 Å². The minimum Gasteiger partial charge on any atom is -0.370 e. The van der Waals surface area contributed by atoms with Crippen LogP contribution in [0.3, 0.4) is 0 Å². The van der Waals surface area contributed by atoms with Gasteiger partial charge in [-0.1, -0.05) is 41.9 Å². The Balaban J connectivity index is 1.34. The van der Waals surface area contributed by atoms with E-state index in [1.807, 2.05) is 29.2 Å². The Morgan fingerprint density at radius 1 is 1.04 bits per heavy atom. The Morgan fingerprint density at radius 3 is 2.52 bits per heavy atom. The van der Waals surface area contributed by atoms with Gasteiger partial charge in [-0.15, -0.1) is 10.2 Å². The van der Waals surface area contributed by atoms with Gasteiger partial charge in [-0.25, -0.2) is 0 Å². The molecule has 1 amide bonds. The second kappa shape index (κ2) is 8.23. The molecule has 0 spiro atoms. The van der Waals surface area contributed by atoms with Crippen LogP contribution < -0.4 is 4.90 Å². The molecule has 4 rings (SSSR count). The number of nitrogens with zero attached hydrogens (tertiary/aromatic N) is 4. The highest BCUT2D eigenvalue weighted by molar-refractivity contribution is 6.29. The molecule has 2 fully saturated rings. The fourth-order valence-corrected chi connectivity index (χ4v) is 3.91. The summed E-state index contributed by atoms with van der Waals surface area (Å²) in [6, 6.07) is 13.8. The summed E-state index contributed by atoms with van der Waals surface area (Å²) < 4.78 is 5.89. The number of carbonyl (C=O) groups excluding carboxylic acids is 1. The summed E-state index contributed by atoms with van der Waals surface area (Å²) in [4.78, 5) is 17.2. The van der Waals surface area contributed by atoms with E-state index in [2.05, 4.69) is 27.2 Å². The lowest BCUT2D eigenvalue weighted by Gasteiger charge is -2.38. The van der Waals surface area contributed by atoms with Crippen LogP contribution in [-0.2, 0) is 9.53 Å². The van der Waals surface area contributed by atoms with Gasteiger partial charge in [0.25, 0.3) is 0 Å². The van der Waals surface area contributed by atoms with Crippen LogP contribution in [0.4, 0.5) is 5.82 Å². The predicted molar refractivity (Wildman–Crippen MR) is 104 cm³/mol. The first-order valence-corrected chi connectivity index (χ1v) is 9.78. The molecule has 2 aliphatic rings. The number of piperidine rings is 1. The van der Waals surface area contributed by atoms with Crippen LogP contribution >= 0.6 is 11.6 Å². The Hall–Kier alpha value is -2.18. The first-order chi connectivity index (χ1) is 13.2. The molecular formula is C20H23ClN4O2.